The summed E-state index contributed by atoms with van der Waals surface area (Å²) < 4.78 is 24.1. The summed E-state index contributed by atoms with van der Waals surface area (Å²) in [4.78, 5) is 25.7. The fourth-order valence-electron chi connectivity index (χ4n) is 2.84. The van der Waals surface area contributed by atoms with E-state index in [1.165, 1.54) is 13.2 Å². The van der Waals surface area contributed by atoms with Crippen LogP contribution in [0.3, 0.4) is 0 Å². The summed E-state index contributed by atoms with van der Waals surface area (Å²) in [6.07, 6.45) is -1.26. The van der Waals surface area contributed by atoms with Crippen LogP contribution in [-0.2, 0) is 9.53 Å². The SMILES string of the molecule is COc1ccc(C)cc1NC(=O)C(OC(=O)c1ccc(F)cc1Cl)c1ccccc1. The van der Waals surface area contributed by atoms with Crippen LogP contribution in [0.25, 0.3) is 0 Å². The molecule has 3 rings (SSSR count). The molecule has 1 amide bonds. The molecule has 3 aromatic rings. The van der Waals surface area contributed by atoms with Crippen LogP contribution in [0, 0.1) is 12.7 Å². The molecule has 7 heteroatoms. The molecule has 0 spiro atoms. The molecule has 154 valence electrons. The van der Waals surface area contributed by atoms with Crippen LogP contribution in [0.1, 0.15) is 27.6 Å². The van der Waals surface area contributed by atoms with Gasteiger partial charge in [-0.3, -0.25) is 4.79 Å². The molecule has 5 nitrogen and oxygen atoms in total. The molecule has 0 saturated carbocycles. The van der Waals surface area contributed by atoms with Crippen molar-refractivity contribution in [1.29, 1.82) is 0 Å². The van der Waals surface area contributed by atoms with Crippen LogP contribution in [0.2, 0.25) is 5.02 Å². The minimum atomic E-state index is -1.26. The molecule has 3 aromatic carbocycles. The number of hydrogen-bond donors (Lipinski definition) is 1. The zero-order valence-electron chi connectivity index (χ0n) is 16.3. The Kier molecular flexibility index (Phi) is 6.69. The quantitative estimate of drug-likeness (QED) is 0.540. The summed E-state index contributed by atoms with van der Waals surface area (Å²) in [6, 6.07) is 17.2. The van der Waals surface area contributed by atoms with Crippen molar-refractivity contribution in [2.24, 2.45) is 0 Å². The van der Waals surface area contributed by atoms with Crippen molar-refractivity contribution in [2.45, 2.75) is 13.0 Å². The first-order chi connectivity index (χ1) is 14.4. The summed E-state index contributed by atoms with van der Waals surface area (Å²) in [5, 5.41) is 2.64. The molecule has 0 aliphatic rings. The Bertz CT molecular complexity index is 1070. The van der Waals surface area contributed by atoms with Crippen LogP contribution < -0.4 is 10.1 Å². The van der Waals surface area contributed by atoms with Gasteiger partial charge in [0.15, 0.2) is 0 Å². The second-order valence-corrected chi connectivity index (χ2v) is 6.92. The van der Waals surface area contributed by atoms with Gasteiger partial charge in [-0.05, 0) is 42.8 Å². The molecule has 0 heterocycles. The first-order valence-electron chi connectivity index (χ1n) is 9.05. The standard InChI is InChI=1S/C23H19ClFNO4/c1-14-8-11-20(29-2)19(12-14)26-22(27)21(15-6-4-3-5-7-15)30-23(28)17-10-9-16(25)13-18(17)24/h3-13,21H,1-2H3,(H,26,27). The van der Waals surface area contributed by atoms with E-state index in [4.69, 9.17) is 21.1 Å². The number of hydrogen-bond acceptors (Lipinski definition) is 4. The van der Waals surface area contributed by atoms with Gasteiger partial charge in [0.2, 0.25) is 6.10 Å². The number of anilines is 1. The van der Waals surface area contributed by atoms with Gasteiger partial charge in [0.1, 0.15) is 11.6 Å². The number of carbonyl (C=O) groups excluding carboxylic acids is 2. The van der Waals surface area contributed by atoms with Gasteiger partial charge in [-0.1, -0.05) is 48.0 Å². The highest BCUT2D eigenvalue weighted by Gasteiger charge is 2.27. The van der Waals surface area contributed by atoms with Crippen LogP contribution >= 0.6 is 11.6 Å². The first-order valence-corrected chi connectivity index (χ1v) is 9.43. The monoisotopic (exact) mass is 427 g/mol. The molecule has 0 bridgehead atoms. The number of benzene rings is 3. The molecular formula is C23H19ClFNO4. The number of aryl methyl sites for hydroxylation is 1. The van der Waals surface area contributed by atoms with E-state index in [-0.39, 0.29) is 10.6 Å². The Morgan fingerprint density at radius 1 is 1.03 bits per heavy atom. The van der Waals surface area contributed by atoms with Crippen LogP contribution in [0.15, 0.2) is 66.7 Å². The third-order valence-electron chi connectivity index (χ3n) is 4.33. The van der Waals surface area contributed by atoms with Crippen molar-refractivity contribution in [3.8, 4) is 5.75 Å². The summed E-state index contributed by atoms with van der Waals surface area (Å²) in [5.41, 5.74) is 1.78. The lowest BCUT2D eigenvalue weighted by Gasteiger charge is -2.19. The molecule has 30 heavy (non-hydrogen) atoms. The predicted octanol–water partition coefficient (Wildman–Crippen LogP) is 5.33. The van der Waals surface area contributed by atoms with Crippen molar-refractivity contribution in [1.82, 2.24) is 0 Å². The maximum absolute atomic E-state index is 13.3. The number of rotatable bonds is 6. The van der Waals surface area contributed by atoms with Gasteiger partial charge in [0.25, 0.3) is 5.91 Å². The second-order valence-electron chi connectivity index (χ2n) is 6.51. The largest absolute Gasteiger partial charge is 0.495 e. The minimum absolute atomic E-state index is 0.0417. The van der Waals surface area contributed by atoms with Gasteiger partial charge in [0.05, 0.1) is 23.4 Å². The lowest BCUT2D eigenvalue weighted by molar-refractivity contribution is -0.125. The molecular weight excluding hydrogens is 409 g/mol. The Labute approximate surface area is 178 Å². The maximum atomic E-state index is 13.3. The number of amides is 1. The smallest absolute Gasteiger partial charge is 0.340 e. The van der Waals surface area contributed by atoms with E-state index in [2.05, 4.69) is 5.32 Å². The zero-order chi connectivity index (χ0) is 21.7. The first kappa shape index (κ1) is 21.3. The average Bonchev–Trinajstić information content (AvgIpc) is 2.72. The number of carbonyl (C=O) groups is 2. The van der Waals surface area contributed by atoms with Gasteiger partial charge >= 0.3 is 5.97 Å². The number of nitrogens with one attached hydrogen (secondary N) is 1. The van der Waals surface area contributed by atoms with E-state index in [0.29, 0.717) is 17.0 Å². The Hall–Kier alpha value is -3.38. The number of ether oxygens (including phenoxy) is 2. The third kappa shape index (κ3) is 4.96. The lowest BCUT2D eigenvalue weighted by atomic mass is 10.1. The highest BCUT2D eigenvalue weighted by Crippen LogP contribution is 2.29. The van der Waals surface area contributed by atoms with Gasteiger partial charge in [-0.25, -0.2) is 9.18 Å². The fraction of sp³-hybridized carbons (Fsp3) is 0.130. The van der Waals surface area contributed by atoms with Crippen LogP contribution in [0.4, 0.5) is 10.1 Å². The summed E-state index contributed by atoms with van der Waals surface area (Å²) in [7, 11) is 1.49. The van der Waals surface area contributed by atoms with Gasteiger partial charge in [-0.2, -0.15) is 0 Å². The second kappa shape index (κ2) is 9.41. The van der Waals surface area contributed by atoms with Gasteiger partial charge < -0.3 is 14.8 Å². The van der Waals surface area contributed by atoms with E-state index in [1.54, 1.807) is 42.5 Å². The molecule has 1 unspecified atom stereocenters. The van der Waals surface area contributed by atoms with Crippen molar-refractivity contribution < 1.29 is 23.5 Å². The van der Waals surface area contributed by atoms with Crippen LogP contribution in [-0.4, -0.2) is 19.0 Å². The topological polar surface area (TPSA) is 64.6 Å². The Morgan fingerprint density at radius 3 is 2.43 bits per heavy atom. The maximum Gasteiger partial charge on any atom is 0.340 e. The van der Waals surface area contributed by atoms with E-state index in [1.807, 2.05) is 13.0 Å². The number of methoxy groups -OCH3 is 1. The molecule has 0 aliphatic carbocycles. The third-order valence-corrected chi connectivity index (χ3v) is 4.64. The van der Waals surface area contributed by atoms with Crippen molar-refractivity contribution in [3.63, 3.8) is 0 Å². The van der Waals surface area contributed by atoms with Gasteiger partial charge in [0, 0.05) is 5.56 Å². The Morgan fingerprint density at radius 2 is 1.77 bits per heavy atom. The van der Waals surface area contributed by atoms with Crippen molar-refractivity contribution in [2.75, 3.05) is 12.4 Å². The molecule has 0 aromatic heterocycles. The predicted molar refractivity (Wildman–Crippen MR) is 112 cm³/mol. The molecule has 0 fully saturated rings. The van der Waals surface area contributed by atoms with E-state index in [0.717, 1.165) is 17.7 Å². The molecule has 0 aliphatic heterocycles. The Balaban J connectivity index is 1.90. The normalized spacial score (nSPS) is 11.5. The molecule has 1 atom stereocenters. The highest BCUT2D eigenvalue weighted by atomic mass is 35.5. The molecule has 1 N–H and O–H groups in total. The van der Waals surface area contributed by atoms with Gasteiger partial charge in [-0.15, -0.1) is 0 Å². The van der Waals surface area contributed by atoms with E-state index in [9.17, 15) is 14.0 Å². The summed E-state index contributed by atoms with van der Waals surface area (Å²) in [6.45, 7) is 1.88. The number of esters is 1. The fourth-order valence-corrected chi connectivity index (χ4v) is 3.09. The highest BCUT2D eigenvalue weighted by molar-refractivity contribution is 6.33. The number of halogens is 2. The van der Waals surface area contributed by atoms with E-state index < -0.39 is 23.8 Å². The average molecular weight is 428 g/mol. The van der Waals surface area contributed by atoms with E-state index >= 15 is 0 Å². The van der Waals surface area contributed by atoms with Crippen molar-refractivity contribution in [3.05, 3.63) is 94.3 Å². The van der Waals surface area contributed by atoms with Crippen molar-refractivity contribution >= 4 is 29.2 Å². The summed E-state index contributed by atoms with van der Waals surface area (Å²) in [5.74, 6) is -1.54. The zero-order valence-corrected chi connectivity index (χ0v) is 17.1. The van der Waals surface area contributed by atoms with Crippen LogP contribution in [0.5, 0.6) is 5.75 Å². The lowest BCUT2D eigenvalue weighted by Crippen LogP contribution is -2.26. The minimum Gasteiger partial charge on any atom is -0.495 e. The molecule has 0 radical (unpaired) electrons. The summed E-state index contributed by atoms with van der Waals surface area (Å²) >= 11 is 5.96. The molecule has 0 saturated heterocycles.